The van der Waals surface area contributed by atoms with E-state index in [4.69, 9.17) is 0 Å². The summed E-state index contributed by atoms with van der Waals surface area (Å²) >= 11 is 0. The SMILES string of the molecule is C.CC1CCC(C)CC1.Cc1cc(F)c(C)c(F)c1.Cc1ccc(C)c(F)c1.Cc1ccc(C)cc1. The largest absolute Gasteiger partial charge is 0.207 e. The van der Waals surface area contributed by atoms with Gasteiger partial charge in [0, 0.05) is 5.56 Å². The minimum absolute atomic E-state index is 0. The van der Waals surface area contributed by atoms with Crippen LogP contribution in [0.3, 0.4) is 0 Å². The van der Waals surface area contributed by atoms with Crippen LogP contribution in [0, 0.1) is 70.8 Å². The molecule has 0 nitrogen and oxygen atoms in total. The van der Waals surface area contributed by atoms with Gasteiger partial charge in [-0.3, -0.25) is 0 Å². The van der Waals surface area contributed by atoms with Crippen LogP contribution >= 0.6 is 0 Å². The molecule has 0 atom stereocenters. The lowest BCUT2D eigenvalue weighted by Crippen LogP contribution is -2.08. The van der Waals surface area contributed by atoms with Crippen molar-refractivity contribution >= 4 is 0 Å². The standard InChI is InChI=1S/C8H8F2.C8H9F.C8H16.C8H10.CH4/c1-5-3-7(9)6(2)8(10)4-5;1-6-3-4-7(2)8(9)5-6;2*1-7-3-5-8(2)6-4-7;/h3-4H,1-2H3;3-5H,1-2H3;7-8H,3-6H2,1-2H3;3-6H,1-2H3;1H4. The topological polar surface area (TPSA) is 0 Å². The third kappa shape index (κ3) is 13.5. The summed E-state index contributed by atoms with van der Waals surface area (Å²) in [5, 5.41) is 0. The monoisotopic (exact) mass is 500 g/mol. The summed E-state index contributed by atoms with van der Waals surface area (Å²) in [4.78, 5) is 0. The van der Waals surface area contributed by atoms with E-state index in [9.17, 15) is 13.2 Å². The van der Waals surface area contributed by atoms with Crippen LogP contribution in [0.2, 0.25) is 0 Å². The molecule has 0 aliphatic heterocycles. The van der Waals surface area contributed by atoms with Gasteiger partial charge in [0.15, 0.2) is 0 Å². The molecule has 0 bridgehead atoms. The molecule has 1 aliphatic carbocycles. The predicted molar refractivity (Wildman–Crippen MR) is 151 cm³/mol. The van der Waals surface area contributed by atoms with Gasteiger partial charge in [0.1, 0.15) is 17.5 Å². The van der Waals surface area contributed by atoms with Crippen molar-refractivity contribution in [3.63, 3.8) is 0 Å². The van der Waals surface area contributed by atoms with Crippen molar-refractivity contribution in [3.8, 4) is 0 Å². The summed E-state index contributed by atoms with van der Waals surface area (Å²) in [6.45, 7) is 15.6. The number of aryl methyl sites for hydroxylation is 5. The van der Waals surface area contributed by atoms with E-state index in [1.54, 1.807) is 19.9 Å². The first-order valence-corrected chi connectivity index (χ1v) is 12.6. The lowest BCUT2D eigenvalue weighted by Gasteiger charge is -2.22. The van der Waals surface area contributed by atoms with Crippen LogP contribution in [-0.4, -0.2) is 0 Å². The molecule has 1 saturated carbocycles. The van der Waals surface area contributed by atoms with Gasteiger partial charge in [0.05, 0.1) is 0 Å². The maximum absolute atomic E-state index is 12.6. The zero-order valence-corrected chi connectivity index (χ0v) is 22.8. The Morgan fingerprint density at radius 3 is 1.17 bits per heavy atom. The van der Waals surface area contributed by atoms with E-state index in [2.05, 4.69) is 52.0 Å². The molecule has 0 saturated heterocycles. The lowest BCUT2D eigenvalue weighted by atomic mass is 9.84. The van der Waals surface area contributed by atoms with Crippen molar-refractivity contribution in [2.75, 3.05) is 0 Å². The minimum Gasteiger partial charge on any atom is -0.207 e. The Kier molecular flexibility index (Phi) is 15.8. The highest BCUT2D eigenvalue weighted by Crippen LogP contribution is 2.27. The molecule has 200 valence electrons. The Balaban J connectivity index is 0.000000451. The van der Waals surface area contributed by atoms with E-state index < -0.39 is 11.6 Å². The van der Waals surface area contributed by atoms with Crippen LogP contribution in [0.1, 0.15) is 80.3 Å². The van der Waals surface area contributed by atoms with Gasteiger partial charge in [0.2, 0.25) is 0 Å². The average molecular weight is 501 g/mol. The van der Waals surface area contributed by atoms with Crippen molar-refractivity contribution in [1.82, 2.24) is 0 Å². The fourth-order valence-electron chi connectivity index (χ4n) is 3.53. The fourth-order valence-corrected chi connectivity index (χ4v) is 3.53. The highest BCUT2D eigenvalue weighted by Gasteiger charge is 2.13. The smallest absolute Gasteiger partial charge is 0.129 e. The van der Waals surface area contributed by atoms with E-state index in [1.807, 2.05) is 13.0 Å². The quantitative estimate of drug-likeness (QED) is 0.288. The molecule has 1 aliphatic rings. The second kappa shape index (κ2) is 17.0. The first-order valence-electron chi connectivity index (χ1n) is 12.6. The molecule has 1 fully saturated rings. The lowest BCUT2D eigenvalue weighted by molar-refractivity contribution is 0.308. The van der Waals surface area contributed by atoms with Crippen molar-refractivity contribution in [3.05, 3.63) is 105 Å². The Bertz CT molecular complexity index is 960. The fraction of sp³-hybridized carbons (Fsp3) is 0.455. The van der Waals surface area contributed by atoms with Crippen molar-refractivity contribution in [2.24, 2.45) is 11.8 Å². The zero-order chi connectivity index (χ0) is 26.5. The number of halogens is 3. The van der Waals surface area contributed by atoms with Gasteiger partial charge < -0.3 is 0 Å². The predicted octanol–water partition coefficient (Wildman–Crippen LogP) is 10.8. The van der Waals surface area contributed by atoms with Gasteiger partial charge in [-0.05, 0) is 88.3 Å². The normalized spacial score (nSPS) is 16.1. The maximum atomic E-state index is 12.6. The van der Waals surface area contributed by atoms with Crippen molar-refractivity contribution in [2.45, 2.75) is 88.5 Å². The molecule has 0 radical (unpaired) electrons. The molecule has 0 aromatic heterocycles. The Morgan fingerprint density at radius 2 is 0.833 bits per heavy atom. The molecule has 0 N–H and O–H groups in total. The third-order valence-electron chi connectivity index (χ3n) is 6.28. The summed E-state index contributed by atoms with van der Waals surface area (Å²) in [5.41, 5.74) is 5.04. The molecule has 3 aromatic carbocycles. The third-order valence-corrected chi connectivity index (χ3v) is 6.28. The highest BCUT2D eigenvalue weighted by molar-refractivity contribution is 5.24. The molecule has 3 aromatic rings. The number of rotatable bonds is 0. The van der Waals surface area contributed by atoms with E-state index in [0.717, 1.165) is 17.4 Å². The van der Waals surface area contributed by atoms with Gasteiger partial charge in [0.25, 0.3) is 0 Å². The summed E-state index contributed by atoms with van der Waals surface area (Å²) in [7, 11) is 0. The summed E-state index contributed by atoms with van der Waals surface area (Å²) in [6, 6.07) is 16.3. The van der Waals surface area contributed by atoms with Gasteiger partial charge in [-0.25, -0.2) is 13.2 Å². The summed E-state index contributed by atoms with van der Waals surface area (Å²) in [6.07, 6.45) is 5.89. The van der Waals surface area contributed by atoms with Crippen LogP contribution in [0.4, 0.5) is 13.2 Å². The highest BCUT2D eigenvalue weighted by atomic mass is 19.1. The first-order chi connectivity index (χ1) is 16.4. The molecule has 0 amide bonds. The van der Waals surface area contributed by atoms with E-state index in [0.29, 0.717) is 11.1 Å². The van der Waals surface area contributed by atoms with E-state index in [1.165, 1.54) is 61.9 Å². The van der Waals surface area contributed by atoms with E-state index in [-0.39, 0.29) is 18.8 Å². The van der Waals surface area contributed by atoms with Crippen molar-refractivity contribution < 1.29 is 13.2 Å². The van der Waals surface area contributed by atoms with Crippen molar-refractivity contribution in [1.29, 1.82) is 0 Å². The molecular weight excluding hydrogens is 453 g/mol. The summed E-state index contributed by atoms with van der Waals surface area (Å²) < 4.78 is 37.8. The number of hydrogen-bond donors (Lipinski definition) is 0. The van der Waals surface area contributed by atoms with Gasteiger partial charge in [-0.2, -0.15) is 0 Å². The minimum atomic E-state index is -0.475. The molecule has 3 heteroatoms. The second-order valence-corrected chi connectivity index (χ2v) is 10.1. The number of hydrogen-bond acceptors (Lipinski definition) is 0. The second-order valence-electron chi connectivity index (χ2n) is 10.1. The molecule has 0 spiro atoms. The number of benzene rings is 3. The van der Waals surface area contributed by atoms with Gasteiger partial charge in [-0.1, -0.05) is 94.5 Å². The van der Waals surface area contributed by atoms with Crippen LogP contribution in [0.15, 0.2) is 54.6 Å². The Labute approximate surface area is 219 Å². The Morgan fingerprint density at radius 1 is 0.500 bits per heavy atom. The maximum Gasteiger partial charge on any atom is 0.129 e. The first kappa shape index (κ1) is 33.4. The van der Waals surface area contributed by atoms with Crippen LogP contribution in [0.25, 0.3) is 0 Å². The van der Waals surface area contributed by atoms with Crippen LogP contribution in [0.5, 0.6) is 0 Å². The van der Waals surface area contributed by atoms with Crippen LogP contribution < -0.4 is 0 Å². The van der Waals surface area contributed by atoms with Gasteiger partial charge >= 0.3 is 0 Å². The molecule has 0 heterocycles. The molecular formula is C33H47F3. The molecule has 4 rings (SSSR count). The average Bonchev–Trinajstić information content (AvgIpc) is 2.80. The van der Waals surface area contributed by atoms with Crippen LogP contribution in [-0.2, 0) is 0 Å². The molecule has 0 unspecified atom stereocenters. The molecule has 36 heavy (non-hydrogen) atoms. The van der Waals surface area contributed by atoms with E-state index >= 15 is 0 Å². The zero-order valence-electron chi connectivity index (χ0n) is 22.8. The van der Waals surface area contributed by atoms with Gasteiger partial charge in [-0.15, -0.1) is 0 Å². The Hall–Kier alpha value is -2.55. The summed E-state index contributed by atoms with van der Waals surface area (Å²) in [5.74, 6) is 0.974.